The zero-order valence-corrected chi connectivity index (χ0v) is 32.5. The molecular weight excluding hydrogens is 725 g/mol. The molecule has 9 rings (SSSR count). The number of hydrogen-bond acceptors (Lipinski definition) is 12. The molecule has 4 aromatic rings. The first-order chi connectivity index (χ1) is 27.6. The number of imide groups is 1. The summed E-state index contributed by atoms with van der Waals surface area (Å²) in [5.41, 5.74) is 4.86. The van der Waals surface area contributed by atoms with E-state index in [0.717, 1.165) is 94.7 Å². The number of anilines is 4. The summed E-state index contributed by atoms with van der Waals surface area (Å²) in [5.74, 6) is -0.0876. The summed E-state index contributed by atoms with van der Waals surface area (Å²) >= 11 is 0. The van der Waals surface area contributed by atoms with Gasteiger partial charge < -0.3 is 20.0 Å². The number of ketones is 1. The van der Waals surface area contributed by atoms with Crippen molar-refractivity contribution in [2.75, 3.05) is 54.4 Å². The van der Waals surface area contributed by atoms with Gasteiger partial charge in [0.25, 0.3) is 11.5 Å². The Labute approximate surface area is 330 Å². The number of Topliss-reactive ketones (excluding diaryl/α,β-unsaturated/α-hetero) is 1. The summed E-state index contributed by atoms with van der Waals surface area (Å²) in [5, 5.41) is 6.32. The molecule has 0 radical (unpaired) electrons. The number of carbonyl (C=O) groups is 4. The third kappa shape index (κ3) is 6.91. The molecule has 3 aromatic heterocycles. The predicted octanol–water partition coefficient (Wildman–Crippen LogP) is 4.11. The summed E-state index contributed by atoms with van der Waals surface area (Å²) in [6.45, 7) is 9.26. The van der Waals surface area contributed by atoms with Crippen LogP contribution in [0.1, 0.15) is 96.2 Å². The van der Waals surface area contributed by atoms with Crippen LogP contribution in [0.25, 0.3) is 11.0 Å². The highest BCUT2D eigenvalue weighted by molar-refractivity contribution is 6.05. The van der Waals surface area contributed by atoms with E-state index in [2.05, 4.69) is 42.5 Å². The van der Waals surface area contributed by atoms with E-state index in [1.807, 2.05) is 24.4 Å². The van der Waals surface area contributed by atoms with E-state index in [-0.39, 0.29) is 47.1 Å². The van der Waals surface area contributed by atoms with Gasteiger partial charge in [0.15, 0.2) is 5.78 Å². The standard InChI is InChI=1S/C42H48N10O5/c1-25-33-23-44-42(47-38(33)52(29-5-3-4-6-29)41(57)37(25)26(2)53)45-35-11-8-31(22-43-35)50-19-17-49(18-20-50)28-13-15-48(16-14-28)30-7-9-32-27(21-30)24-51(40(32)56)34-10-12-36(54)46-39(34)55/h7-9,11,21-23,28-29,34H,3-6,10,12-20,24H2,1-2H3,(H,46,54,55)(H,43,44,45,47). The molecule has 3 saturated heterocycles. The Morgan fingerprint density at radius 2 is 1.56 bits per heavy atom. The molecule has 1 unspecified atom stereocenters. The zero-order chi connectivity index (χ0) is 39.4. The van der Waals surface area contributed by atoms with E-state index in [1.54, 1.807) is 22.6 Å². The van der Waals surface area contributed by atoms with Crippen molar-refractivity contribution in [3.8, 4) is 0 Å². The van der Waals surface area contributed by atoms with Crippen molar-refractivity contribution in [1.29, 1.82) is 0 Å². The minimum Gasteiger partial charge on any atom is -0.371 e. The lowest BCUT2D eigenvalue weighted by Gasteiger charge is -2.43. The Kier molecular flexibility index (Phi) is 9.71. The van der Waals surface area contributed by atoms with Crippen molar-refractivity contribution in [1.82, 2.24) is 34.6 Å². The Morgan fingerprint density at radius 3 is 2.26 bits per heavy atom. The van der Waals surface area contributed by atoms with Gasteiger partial charge in [-0.05, 0) is 87.4 Å². The van der Waals surface area contributed by atoms with Crippen molar-refractivity contribution < 1.29 is 19.2 Å². The number of pyridine rings is 2. The number of piperidine rings is 2. The van der Waals surface area contributed by atoms with Crippen molar-refractivity contribution in [2.45, 2.75) is 89.9 Å². The molecule has 1 atom stereocenters. The van der Waals surface area contributed by atoms with Crippen LogP contribution in [0.2, 0.25) is 0 Å². The molecular formula is C42H48N10O5. The quantitative estimate of drug-likeness (QED) is 0.195. The van der Waals surface area contributed by atoms with Crippen LogP contribution < -0.4 is 26.0 Å². The second-order valence-corrected chi connectivity index (χ2v) is 16.1. The summed E-state index contributed by atoms with van der Waals surface area (Å²) in [7, 11) is 0. The topological polar surface area (TPSA) is 166 Å². The van der Waals surface area contributed by atoms with Crippen LogP contribution >= 0.6 is 0 Å². The van der Waals surface area contributed by atoms with Gasteiger partial charge in [-0.15, -0.1) is 0 Å². The molecule has 0 spiro atoms. The van der Waals surface area contributed by atoms with Gasteiger partial charge in [-0.25, -0.2) is 9.97 Å². The van der Waals surface area contributed by atoms with Gasteiger partial charge in [0.1, 0.15) is 17.5 Å². The van der Waals surface area contributed by atoms with Crippen LogP contribution in [-0.4, -0.2) is 104 Å². The van der Waals surface area contributed by atoms with E-state index in [0.29, 0.717) is 52.9 Å². The molecule has 4 fully saturated rings. The maximum Gasteiger partial charge on any atom is 0.263 e. The van der Waals surface area contributed by atoms with Gasteiger partial charge in [-0.1, -0.05) is 12.8 Å². The molecule has 1 aromatic carbocycles. The molecule has 15 heteroatoms. The fraction of sp³-hybridized carbons (Fsp3) is 0.476. The molecule has 2 N–H and O–H groups in total. The number of hydrogen-bond donors (Lipinski definition) is 2. The summed E-state index contributed by atoms with van der Waals surface area (Å²) in [4.78, 5) is 86.3. The molecule has 296 valence electrons. The highest BCUT2D eigenvalue weighted by Crippen LogP contribution is 2.34. The number of amides is 3. The average molecular weight is 773 g/mol. The zero-order valence-electron chi connectivity index (χ0n) is 32.5. The predicted molar refractivity (Wildman–Crippen MR) is 215 cm³/mol. The number of benzene rings is 1. The fourth-order valence-corrected chi connectivity index (χ4v) is 9.66. The molecule has 0 bridgehead atoms. The lowest BCUT2D eigenvalue weighted by atomic mass is 10.0. The largest absolute Gasteiger partial charge is 0.371 e. The number of rotatable bonds is 8. The third-order valence-corrected chi connectivity index (χ3v) is 12.8. The first kappa shape index (κ1) is 36.9. The number of carbonyl (C=O) groups excluding carboxylic acids is 4. The first-order valence-corrected chi connectivity index (χ1v) is 20.3. The van der Waals surface area contributed by atoms with Crippen LogP contribution in [0.15, 0.2) is 47.5 Å². The van der Waals surface area contributed by atoms with Crippen molar-refractivity contribution in [3.05, 3.63) is 75.3 Å². The summed E-state index contributed by atoms with van der Waals surface area (Å²) in [6.07, 6.45) is 10.2. The molecule has 15 nitrogen and oxygen atoms in total. The maximum atomic E-state index is 13.6. The van der Waals surface area contributed by atoms with Crippen LogP contribution in [0.5, 0.6) is 0 Å². The highest BCUT2D eigenvalue weighted by atomic mass is 16.2. The fourth-order valence-electron chi connectivity index (χ4n) is 9.66. The molecule has 3 amide bonds. The Morgan fingerprint density at radius 1 is 0.825 bits per heavy atom. The monoisotopic (exact) mass is 772 g/mol. The normalized spacial score (nSPS) is 21.1. The van der Waals surface area contributed by atoms with E-state index in [4.69, 9.17) is 9.97 Å². The number of piperazine rings is 1. The lowest BCUT2D eigenvalue weighted by Crippen LogP contribution is -2.53. The number of aryl methyl sites for hydroxylation is 1. The Bertz CT molecular complexity index is 2320. The number of aromatic nitrogens is 4. The SMILES string of the molecule is CC(=O)c1c(C)c2cnc(Nc3ccc(N4CCN(C5CCN(c6ccc7c(c6)CN(C6CCC(=O)NC6=O)C7=O)CC5)CC4)cn3)nc2n(C2CCCC2)c1=O. The number of fused-ring (bicyclic) bond motifs is 2. The number of nitrogens with one attached hydrogen (secondary N) is 2. The van der Waals surface area contributed by atoms with Gasteiger partial charge >= 0.3 is 0 Å². The van der Waals surface area contributed by atoms with E-state index in [9.17, 15) is 24.0 Å². The minimum absolute atomic E-state index is 0.0135. The second-order valence-electron chi connectivity index (χ2n) is 16.1. The molecule has 5 aliphatic rings. The van der Waals surface area contributed by atoms with E-state index in [1.165, 1.54) is 6.92 Å². The van der Waals surface area contributed by atoms with E-state index < -0.39 is 6.04 Å². The molecule has 1 aliphatic carbocycles. The Hall–Kier alpha value is -5.70. The number of nitrogens with zero attached hydrogens (tertiary/aromatic N) is 8. The molecule has 1 saturated carbocycles. The molecule has 57 heavy (non-hydrogen) atoms. The van der Waals surface area contributed by atoms with Crippen molar-refractivity contribution in [3.63, 3.8) is 0 Å². The second kappa shape index (κ2) is 15.0. The summed E-state index contributed by atoms with van der Waals surface area (Å²) in [6, 6.07) is 9.93. The Balaban J connectivity index is 0.791. The van der Waals surface area contributed by atoms with Crippen molar-refractivity contribution >= 4 is 57.7 Å². The lowest BCUT2D eigenvalue weighted by molar-refractivity contribution is -0.136. The highest BCUT2D eigenvalue weighted by Gasteiger charge is 2.39. The van der Waals surface area contributed by atoms with Gasteiger partial charge in [-0.2, -0.15) is 4.98 Å². The van der Waals surface area contributed by atoms with Gasteiger partial charge in [0.2, 0.25) is 17.8 Å². The average Bonchev–Trinajstić information content (AvgIpc) is 3.86. The molecule has 7 heterocycles. The smallest absolute Gasteiger partial charge is 0.263 e. The van der Waals surface area contributed by atoms with Crippen LogP contribution in [0, 0.1) is 6.92 Å². The van der Waals surface area contributed by atoms with Gasteiger partial charge in [0, 0.05) is 87.2 Å². The maximum absolute atomic E-state index is 13.6. The first-order valence-electron chi connectivity index (χ1n) is 20.3. The van der Waals surface area contributed by atoms with Gasteiger partial charge in [0.05, 0.1) is 17.4 Å². The van der Waals surface area contributed by atoms with Gasteiger partial charge in [-0.3, -0.25) is 38.8 Å². The van der Waals surface area contributed by atoms with Crippen LogP contribution in [0.3, 0.4) is 0 Å². The van der Waals surface area contributed by atoms with Crippen LogP contribution in [0.4, 0.5) is 23.1 Å². The minimum atomic E-state index is -0.606. The van der Waals surface area contributed by atoms with Crippen molar-refractivity contribution in [2.24, 2.45) is 0 Å². The van der Waals surface area contributed by atoms with E-state index >= 15 is 0 Å². The summed E-state index contributed by atoms with van der Waals surface area (Å²) < 4.78 is 1.72. The molecule has 4 aliphatic heterocycles. The third-order valence-electron chi connectivity index (χ3n) is 12.8. The van der Waals surface area contributed by atoms with Crippen LogP contribution in [-0.2, 0) is 16.1 Å².